The molecule has 2 N–H and O–H groups in total. The average Bonchev–Trinajstić information content (AvgIpc) is 2.45. The van der Waals surface area contributed by atoms with E-state index in [1.54, 1.807) is 24.0 Å². The van der Waals surface area contributed by atoms with E-state index in [4.69, 9.17) is 5.73 Å². The molecule has 0 saturated heterocycles. The first-order chi connectivity index (χ1) is 9.24. The number of aryl methyl sites for hydroxylation is 1. The van der Waals surface area contributed by atoms with Crippen LogP contribution in [0.4, 0.5) is 5.82 Å². The van der Waals surface area contributed by atoms with Crippen molar-refractivity contribution in [2.45, 2.75) is 44.6 Å². The lowest BCUT2D eigenvalue weighted by Crippen LogP contribution is -2.42. The second kappa shape index (κ2) is 6.70. The molecule has 106 valence electrons. The molecule has 0 radical (unpaired) electrons. The molecule has 1 aromatic rings. The molecule has 2 rings (SSSR count). The van der Waals surface area contributed by atoms with E-state index in [0.29, 0.717) is 18.4 Å². The van der Waals surface area contributed by atoms with E-state index < -0.39 is 0 Å². The Morgan fingerprint density at radius 2 is 2.16 bits per heavy atom. The molecule has 1 aliphatic carbocycles. The lowest BCUT2D eigenvalue weighted by Gasteiger charge is -2.34. The molecular formula is C14H24N4O. The van der Waals surface area contributed by atoms with Gasteiger partial charge in [0.05, 0.1) is 0 Å². The van der Waals surface area contributed by atoms with Crippen LogP contribution in [0.3, 0.4) is 0 Å². The predicted octanol–water partition coefficient (Wildman–Crippen LogP) is 1.27. The fourth-order valence-corrected chi connectivity index (χ4v) is 2.80. The van der Waals surface area contributed by atoms with Gasteiger partial charge in [0.2, 0.25) is 0 Å². The minimum absolute atomic E-state index is 0.00917. The summed E-state index contributed by atoms with van der Waals surface area (Å²) in [4.78, 5) is 18.8. The van der Waals surface area contributed by atoms with Crippen molar-refractivity contribution >= 4 is 5.82 Å². The summed E-state index contributed by atoms with van der Waals surface area (Å²) in [6.07, 6.45) is 10.4. The van der Waals surface area contributed by atoms with Gasteiger partial charge in [0.15, 0.2) is 5.82 Å². The van der Waals surface area contributed by atoms with Crippen molar-refractivity contribution in [1.29, 1.82) is 0 Å². The summed E-state index contributed by atoms with van der Waals surface area (Å²) in [6.45, 7) is 1.48. The Bertz CT molecular complexity index is 451. The predicted molar refractivity (Wildman–Crippen MR) is 77.4 cm³/mol. The van der Waals surface area contributed by atoms with Crippen LogP contribution in [0.2, 0.25) is 0 Å². The summed E-state index contributed by atoms with van der Waals surface area (Å²) in [5.74, 6) is 0.588. The molecule has 0 amide bonds. The number of hydrogen-bond acceptors (Lipinski definition) is 4. The third-order valence-electron chi connectivity index (χ3n) is 3.89. The minimum atomic E-state index is -0.00917. The molecule has 1 aliphatic rings. The lowest BCUT2D eigenvalue weighted by molar-refractivity contribution is 0.409. The Morgan fingerprint density at radius 3 is 2.84 bits per heavy atom. The zero-order chi connectivity index (χ0) is 13.7. The van der Waals surface area contributed by atoms with E-state index in [1.165, 1.54) is 19.3 Å². The smallest absolute Gasteiger partial charge is 0.293 e. The van der Waals surface area contributed by atoms with Crippen LogP contribution in [-0.2, 0) is 7.05 Å². The molecule has 5 heteroatoms. The van der Waals surface area contributed by atoms with Gasteiger partial charge < -0.3 is 15.2 Å². The summed E-state index contributed by atoms with van der Waals surface area (Å²) >= 11 is 0. The molecule has 0 spiro atoms. The Balaban J connectivity index is 2.25. The number of aromatic nitrogens is 2. The van der Waals surface area contributed by atoms with E-state index in [9.17, 15) is 4.79 Å². The number of anilines is 1. The highest BCUT2D eigenvalue weighted by molar-refractivity contribution is 5.37. The fourth-order valence-electron chi connectivity index (χ4n) is 2.80. The molecule has 0 aromatic carbocycles. The molecule has 1 aromatic heterocycles. The molecule has 0 bridgehead atoms. The van der Waals surface area contributed by atoms with Crippen LogP contribution in [-0.4, -0.2) is 28.7 Å². The van der Waals surface area contributed by atoms with Gasteiger partial charge in [-0.05, 0) is 25.8 Å². The molecular weight excluding hydrogens is 240 g/mol. The Morgan fingerprint density at radius 1 is 1.42 bits per heavy atom. The standard InChI is InChI=1S/C14H24N4O/c1-17-11-9-16-13(14(17)19)18(10-5-8-15)12-6-3-2-4-7-12/h9,11-12H,2-8,10,15H2,1H3. The Kier molecular flexibility index (Phi) is 4.96. The monoisotopic (exact) mass is 264 g/mol. The van der Waals surface area contributed by atoms with Gasteiger partial charge in [0, 0.05) is 32.0 Å². The first-order valence-electron chi connectivity index (χ1n) is 7.22. The van der Waals surface area contributed by atoms with Crippen LogP contribution in [0, 0.1) is 0 Å². The SMILES string of the molecule is Cn1ccnc(N(CCCN)C2CCCCC2)c1=O. The number of nitrogens with two attached hydrogens (primary N) is 1. The number of rotatable bonds is 5. The second-order valence-corrected chi connectivity index (χ2v) is 5.29. The normalized spacial score (nSPS) is 16.5. The summed E-state index contributed by atoms with van der Waals surface area (Å²) in [5.41, 5.74) is 5.61. The van der Waals surface area contributed by atoms with Crippen LogP contribution in [0.1, 0.15) is 38.5 Å². The van der Waals surface area contributed by atoms with Crippen LogP contribution in [0.5, 0.6) is 0 Å². The maximum atomic E-state index is 12.2. The Labute approximate surface area is 114 Å². The van der Waals surface area contributed by atoms with Gasteiger partial charge in [-0.25, -0.2) is 4.98 Å². The average molecular weight is 264 g/mol. The summed E-state index contributed by atoms with van der Waals surface area (Å²) in [6, 6.07) is 0.447. The van der Waals surface area contributed by atoms with E-state index >= 15 is 0 Å². The quantitative estimate of drug-likeness (QED) is 0.870. The fraction of sp³-hybridized carbons (Fsp3) is 0.714. The molecule has 1 heterocycles. The highest BCUT2D eigenvalue weighted by Gasteiger charge is 2.24. The van der Waals surface area contributed by atoms with Crippen LogP contribution >= 0.6 is 0 Å². The van der Waals surface area contributed by atoms with Gasteiger partial charge in [0.1, 0.15) is 0 Å². The van der Waals surface area contributed by atoms with Crippen molar-refractivity contribution in [2.24, 2.45) is 12.8 Å². The van der Waals surface area contributed by atoms with Crippen LogP contribution in [0.15, 0.2) is 17.2 Å². The molecule has 1 fully saturated rings. The Hall–Kier alpha value is -1.36. The number of hydrogen-bond donors (Lipinski definition) is 1. The van der Waals surface area contributed by atoms with Crippen molar-refractivity contribution in [1.82, 2.24) is 9.55 Å². The van der Waals surface area contributed by atoms with Crippen molar-refractivity contribution in [3.05, 3.63) is 22.7 Å². The maximum Gasteiger partial charge on any atom is 0.293 e. The molecule has 0 atom stereocenters. The zero-order valence-corrected chi connectivity index (χ0v) is 11.7. The summed E-state index contributed by atoms with van der Waals surface area (Å²) in [5, 5.41) is 0. The van der Waals surface area contributed by atoms with Gasteiger partial charge in [-0.2, -0.15) is 0 Å². The third kappa shape index (κ3) is 3.35. The molecule has 5 nitrogen and oxygen atoms in total. The second-order valence-electron chi connectivity index (χ2n) is 5.29. The first kappa shape index (κ1) is 14.1. The highest BCUT2D eigenvalue weighted by atomic mass is 16.1. The van der Waals surface area contributed by atoms with Gasteiger partial charge in [0.25, 0.3) is 5.56 Å². The van der Waals surface area contributed by atoms with Crippen LogP contribution < -0.4 is 16.2 Å². The van der Waals surface area contributed by atoms with Crippen molar-refractivity contribution in [3.8, 4) is 0 Å². The molecule has 1 saturated carbocycles. The highest BCUT2D eigenvalue weighted by Crippen LogP contribution is 2.24. The molecule has 19 heavy (non-hydrogen) atoms. The van der Waals surface area contributed by atoms with E-state index in [1.807, 2.05) is 0 Å². The molecule has 0 unspecified atom stereocenters. The van der Waals surface area contributed by atoms with E-state index in [0.717, 1.165) is 25.8 Å². The van der Waals surface area contributed by atoms with Gasteiger partial charge in [-0.3, -0.25) is 4.79 Å². The van der Waals surface area contributed by atoms with Crippen LogP contribution in [0.25, 0.3) is 0 Å². The van der Waals surface area contributed by atoms with Crippen molar-refractivity contribution in [3.63, 3.8) is 0 Å². The van der Waals surface area contributed by atoms with E-state index in [-0.39, 0.29) is 5.56 Å². The topological polar surface area (TPSA) is 64.2 Å². The van der Waals surface area contributed by atoms with Crippen molar-refractivity contribution < 1.29 is 0 Å². The summed E-state index contributed by atoms with van der Waals surface area (Å²) < 4.78 is 1.60. The first-order valence-corrected chi connectivity index (χ1v) is 7.22. The minimum Gasteiger partial charge on any atom is -0.349 e. The van der Waals surface area contributed by atoms with Gasteiger partial charge >= 0.3 is 0 Å². The third-order valence-corrected chi connectivity index (χ3v) is 3.89. The summed E-state index contributed by atoms with van der Waals surface area (Å²) in [7, 11) is 1.77. The van der Waals surface area contributed by atoms with Crippen molar-refractivity contribution in [2.75, 3.05) is 18.0 Å². The molecule has 0 aliphatic heterocycles. The van der Waals surface area contributed by atoms with E-state index in [2.05, 4.69) is 9.88 Å². The largest absolute Gasteiger partial charge is 0.349 e. The maximum absolute atomic E-state index is 12.2. The number of nitrogens with zero attached hydrogens (tertiary/aromatic N) is 3. The van der Waals surface area contributed by atoms with Gasteiger partial charge in [-0.15, -0.1) is 0 Å². The van der Waals surface area contributed by atoms with Gasteiger partial charge in [-0.1, -0.05) is 19.3 Å². The lowest BCUT2D eigenvalue weighted by atomic mass is 9.94. The zero-order valence-electron chi connectivity index (χ0n) is 11.7.